The van der Waals surface area contributed by atoms with Crippen LogP contribution in [0.2, 0.25) is 0 Å². The van der Waals surface area contributed by atoms with Crippen LogP contribution in [-0.2, 0) is 28.9 Å². The number of halogens is 4. The Balaban J connectivity index is 1.36. The van der Waals surface area contributed by atoms with Crippen LogP contribution in [0.4, 0.5) is 22.7 Å². The fraction of sp³-hybridized carbons (Fsp3) is 0.259. The Morgan fingerprint density at radius 3 is 2.41 bits per heavy atom. The number of ether oxygens (including phenoxy) is 1. The van der Waals surface area contributed by atoms with Crippen molar-refractivity contribution in [1.82, 2.24) is 15.5 Å². The molecule has 0 bridgehead atoms. The number of amides is 2. The molecule has 0 atom stereocenters. The summed E-state index contributed by atoms with van der Waals surface area (Å²) in [4.78, 5) is 24.3. The number of nitrogens with zero attached hydrogens (tertiary/aromatic N) is 2. The normalized spacial score (nSPS) is 12.2. The number of alkyl halides is 3. The Morgan fingerprint density at radius 1 is 0.951 bits per heavy atom. The first-order chi connectivity index (χ1) is 19.4. The summed E-state index contributed by atoms with van der Waals surface area (Å²) in [7, 11) is 0. The number of hydrogen-bond acceptors (Lipinski definition) is 8. The van der Waals surface area contributed by atoms with Crippen LogP contribution in [0, 0.1) is 5.82 Å². The molecule has 0 saturated heterocycles. The van der Waals surface area contributed by atoms with E-state index < -0.39 is 18.0 Å². The number of hydrogen-bond donors (Lipinski definition) is 4. The van der Waals surface area contributed by atoms with Gasteiger partial charge < -0.3 is 26.8 Å². The molecule has 2 amide bonds. The second kappa shape index (κ2) is 14.8. The fourth-order valence-electron chi connectivity index (χ4n) is 3.53. The summed E-state index contributed by atoms with van der Waals surface area (Å²) in [5.41, 5.74) is 13.3. The van der Waals surface area contributed by atoms with Crippen molar-refractivity contribution in [2.45, 2.75) is 44.9 Å². The predicted molar refractivity (Wildman–Crippen MR) is 146 cm³/mol. The minimum atomic E-state index is -4.82. The molecule has 0 saturated carbocycles. The molecule has 3 rings (SSSR count). The van der Waals surface area contributed by atoms with E-state index in [0.717, 1.165) is 30.0 Å². The SMILES string of the molecule is N/C(=C\C=C(/N)NC(=O)Cc1cccc(OC(F)(F)F)c1)CCCCc1nnc(NC(=O)Cc2ccc(F)cc2)s1. The van der Waals surface area contributed by atoms with Gasteiger partial charge in [-0.05, 0) is 66.8 Å². The quantitative estimate of drug-likeness (QED) is 0.130. The summed E-state index contributed by atoms with van der Waals surface area (Å²) in [6, 6.07) is 10.8. The molecule has 1 aromatic heterocycles. The van der Waals surface area contributed by atoms with Gasteiger partial charge in [0, 0.05) is 12.1 Å². The number of anilines is 1. The topological polar surface area (TPSA) is 145 Å². The molecular formula is C27H28F4N6O3S. The van der Waals surface area contributed by atoms with Crippen LogP contribution in [-0.4, -0.2) is 28.4 Å². The maximum absolute atomic E-state index is 13.0. The predicted octanol–water partition coefficient (Wildman–Crippen LogP) is 4.47. The van der Waals surface area contributed by atoms with Crippen LogP contribution in [0.5, 0.6) is 5.75 Å². The summed E-state index contributed by atoms with van der Waals surface area (Å²) >= 11 is 1.27. The molecule has 0 unspecified atom stereocenters. The molecule has 0 aliphatic carbocycles. The van der Waals surface area contributed by atoms with Gasteiger partial charge in [-0.1, -0.05) is 35.6 Å². The second-order valence-corrected chi connectivity index (χ2v) is 9.91. The van der Waals surface area contributed by atoms with Gasteiger partial charge in [0.1, 0.15) is 22.4 Å². The molecule has 0 aliphatic heterocycles. The van der Waals surface area contributed by atoms with Gasteiger partial charge in [0.25, 0.3) is 0 Å². The number of carbonyl (C=O) groups excluding carboxylic acids is 2. The molecule has 0 radical (unpaired) electrons. The lowest BCUT2D eigenvalue weighted by Gasteiger charge is -2.10. The Morgan fingerprint density at radius 2 is 1.68 bits per heavy atom. The van der Waals surface area contributed by atoms with E-state index in [9.17, 15) is 27.2 Å². The third-order valence-corrected chi connectivity index (χ3v) is 6.25. The number of allylic oxidation sites excluding steroid dienone is 3. The van der Waals surface area contributed by atoms with E-state index in [1.807, 2.05) is 0 Å². The number of aryl methyl sites for hydroxylation is 1. The Hall–Kier alpha value is -4.46. The molecule has 0 aliphatic rings. The molecule has 1 heterocycles. The number of unbranched alkanes of at least 4 members (excludes halogenated alkanes) is 1. The maximum Gasteiger partial charge on any atom is 0.573 e. The lowest BCUT2D eigenvalue weighted by molar-refractivity contribution is -0.274. The summed E-state index contributed by atoms with van der Waals surface area (Å²) in [5, 5.41) is 14.3. The number of benzene rings is 2. The molecule has 9 nitrogen and oxygen atoms in total. The molecule has 218 valence electrons. The zero-order valence-corrected chi connectivity index (χ0v) is 22.5. The standard InChI is InChI=1S/C27H28F4N6O3S/c28-19-10-8-17(9-11-19)15-24(39)35-26-37-36-25(41-26)7-2-1-5-20(32)12-13-22(33)34-23(38)16-18-4-3-6-21(14-18)40-27(29,30)31/h3-4,6,8-14H,1-2,5,7,15-16,32-33H2,(H,34,38)(H,35,37,39)/b20-12-,22-13+. The average Bonchev–Trinajstić information content (AvgIpc) is 3.32. The highest BCUT2D eigenvalue weighted by molar-refractivity contribution is 7.15. The minimum absolute atomic E-state index is 0.0310. The van der Waals surface area contributed by atoms with Gasteiger partial charge in [-0.25, -0.2) is 4.39 Å². The van der Waals surface area contributed by atoms with E-state index in [4.69, 9.17) is 11.5 Å². The number of rotatable bonds is 13. The van der Waals surface area contributed by atoms with Crippen LogP contribution in [0.1, 0.15) is 35.4 Å². The van der Waals surface area contributed by atoms with Crippen LogP contribution < -0.4 is 26.8 Å². The first kappa shape index (κ1) is 31.1. The molecule has 0 spiro atoms. The van der Waals surface area contributed by atoms with E-state index in [2.05, 4.69) is 25.6 Å². The van der Waals surface area contributed by atoms with Gasteiger partial charge in [0.15, 0.2) is 0 Å². The van der Waals surface area contributed by atoms with Gasteiger partial charge in [-0.3, -0.25) is 9.59 Å². The van der Waals surface area contributed by atoms with Crippen LogP contribution in [0.25, 0.3) is 0 Å². The molecule has 3 aromatic rings. The van der Waals surface area contributed by atoms with Gasteiger partial charge in [-0.2, -0.15) is 0 Å². The molecule has 6 N–H and O–H groups in total. The number of nitrogens with one attached hydrogen (secondary N) is 2. The first-order valence-corrected chi connectivity index (χ1v) is 13.2. The van der Waals surface area contributed by atoms with Crippen molar-refractivity contribution in [3.05, 3.63) is 94.2 Å². The third-order valence-electron chi connectivity index (χ3n) is 5.35. The van der Waals surface area contributed by atoms with Crippen LogP contribution in [0.15, 0.2) is 72.2 Å². The van der Waals surface area contributed by atoms with Crippen LogP contribution in [0.3, 0.4) is 0 Å². The lowest BCUT2D eigenvalue weighted by atomic mass is 10.1. The largest absolute Gasteiger partial charge is 0.573 e. The Kier molecular flexibility index (Phi) is 11.2. The molecule has 2 aromatic carbocycles. The maximum atomic E-state index is 13.0. The van der Waals surface area contributed by atoms with Crippen molar-refractivity contribution in [1.29, 1.82) is 0 Å². The van der Waals surface area contributed by atoms with E-state index in [1.54, 1.807) is 18.2 Å². The number of carbonyl (C=O) groups is 2. The highest BCUT2D eigenvalue weighted by atomic mass is 32.1. The monoisotopic (exact) mass is 592 g/mol. The fourth-order valence-corrected chi connectivity index (χ4v) is 4.32. The molecular weight excluding hydrogens is 564 g/mol. The van der Waals surface area contributed by atoms with Crippen molar-refractivity contribution in [2.75, 3.05) is 5.32 Å². The highest BCUT2D eigenvalue weighted by Gasteiger charge is 2.31. The second-order valence-electron chi connectivity index (χ2n) is 8.84. The third kappa shape index (κ3) is 12.1. The van der Waals surface area contributed by atoms with Crippen molar-refractivity contribution in [3.8, 4) is 5.75 Å². The van der Waals surface area contributed by atoms with Gasteiger partial charge >= 0.3 is 6.36 Å². The van der Waals surface area contributed by atoms with E-state index in [0.29, 0.717) is 34.8 Å². The van der Waals surface area contributed by atoms with Gasteiger partial charge in [-0.15, -0.1) is 23.4 Å². The van der Waals surface area contributed by atoms with Crippen molar-refractivity contribution < 1.29 is 31.9 Å². The average molecular weight is 593 g/mol. The zero-order valence-electron chi connectivity index (χ0n) is 21.7. The van der Waals surface area contributed by atoms with Crippen molar-refractivity contribution in [2.24, 2.45) is 11.5 Å². The van der Waals surface area contributed by atoms with E-state index >= 15 is 0 Å². The van der Waals surface area contributed by atoms with Gasteiger partial charge in [0.2, 0.25) is 16.9 Å². The number of nitrogens with two attached hydrogens (primary N) is 2. The van der Waals surface area contributed by atoms with E-state index in [1.165, 1.54) is 41.7 Å². The first-order valence-electron chi connectivity index (χ1n) is 12.4. The Labute approximate surface area is 237 Å². The summed E-state index contributed by atoms with van der Waals surface area (Å²) in [6.07, 6.45) is 0.770. The summed E-state index contributed by atoms with van der Waals surface area (Å²) in [6.45, 7) is 0. The summed E-state index contributed by atoms with van der Waals surface area (Å²) < 4.78 is 54.0. The minimum Gasteiger partial charge on any atom is -0.406 e. The van der Waals surface area contributed by atoms with Crippen LogP contribution >= 0.6 is 11.3 Å². The van der Waals surface area contributed by atoms with E-state index in [-0.39, 0.29) is 30.4 Å². The summed E-state index contributed by atoms with van der Waals surface area (Å²) in [5.74, 6) is -1.54. The Bertz CT molecular complexity index is 1390. The molecule has 14 heteroatoms. The molecule has 0 fully saturated rings. The van der Waals surface area contributed by atoms with Crippen molar-refractivity contribution >= 4 is 28.3 Å². The highest BCUT2D eigenvalue weighted by Crippen LogP contribution is 2.23. The molecule has 41 heavy (non-hydrogen) atoms. The van der Waals surface area contributed by atoms with Crippen molar-refractivity contribution in [3.63, 3.8) is 0 Å². The lowest BCUT2D eigenvalue weighted by Crippen LogP contribution is -2.28. The number of aromatic nitrogens is 2. The van der Waals surface area contributed by atoms with Gasteiger partial charge in [0.05, 0.1) is 12.8 Å². The zero-order chi connectivity index (χ0) is 29.8. The smallest absolute Gasteiger partial charge is 0.406 e.